The zero-order chi connectivity index (χ0) is 14.3. The van der Waals surface area contributed by atoms with Crippen LogP contribution in [-0.2, 0) is 4.84 Å². The summed E-state index contributed by atoms with van der Waals surface area (Å²) in [6.45, 7) is 10.3. The van der Waals surface area contributed by atoms with Gasteiger partial charge in [0.25, 0.3) is 0 Å². The van der Waals surface area contributed by atoms with Crippen LogP contribution in [0.3, 0.4) is 0 Å². The Hall–Kier alpha value is -1.57. The summed E-state index contributed by atoms with van der Waals surface area (Å²) < 4.78 is 0. The van der Waals surface area contributed by atoms with Gasteiger partial charge in [-0.1, -0.05) is 6.07 Å². The minimum atomic E-state index is 0.263. The highest BCUT2D eigenvalue weighted by molar-refractivity contribution is 5.56. The van der Waals surface area contributed by atoms with Gasteiger partial charge in [0.2, 0.25) is 0 Å². The summed E-state index contributed by atoms with van der Waals surface area (Å²) in [7, 11) is 0. The van der Waals surface area contributed by atoms with E-state index in [-0.39, 0.29) is 6.10 Å². The van der Waals surface area contributed by atoms with Crippen LogP contribution >= 0.6 is 0 Å². The van der Waals surface area contributed by atoms with Gasteiger partial charge in [-0.15, -0.1) is 0 Å². The number of anilines is 1. The van der Waals surface area contributed by atoms with Gasteiger partial charge in [0, 0.05) is 37.3 Å². The number of nitrogens with zero attached hydrogens (tertiary/aromatic N) is 3. The zero-order valence-electron chi connectivity index (χ0n) is 12.4. The fourth-order valence-electron chi connectivity index (χ4n) is 3.15. The molecule has 1 aromatic rings. The van der Waals surface area contributed by atoms with Crippen molar-refractivity contribution in [1.82, 2.24) is 5.06 Å². The Balaban J connectivity index is 1.58. The maximum atomic E-state index is 9.10. The molecule has 3 rings (SSSR count). The van der Waals surface area contributed by atoms with E-state index in [1.807, 2.05) is 19.1 Å². The number of benzene rings is 1. The van der Waals surface area contributed by atoms with Gasteiger partial charge >= 0.3 is 0 Å². The second-order valence-corrected chi connectivity index (χ2v) is 6.42. The molecule has 2 fully saturated rings. The zero-order valence-corrected chi connectivity index (χ0v) is 12.4. The number of aryl methyl sites for hydroxylation is 1. The van der Waals surface area contributed by atoms with Crippen molar-refractivity contribution < 1.29 is 4.84 Å². The van der Waals surface area contributed by atoms with Crippen LogP contribution in [0.2, 0.25) is 0 Å². The summed E-state index contributed by atoms with van der Waals surface area (Å²) in [6, 6.07) is 8.42. The van der Waals surface area contributed by atoms with Gasteiger partial charge in [0.05, 0.1) is 17.7 Å². The summed E-state index contributed by atoms with van der Waals surface area (Å²) in [5.41, 5.74) is 3.40. The minimum absolute atomic E-state index is 0.263. The van der Waals surface area contributed by atoms with Crippen molar-refractivity contribution in [2.75, 3.05) is 31.1 Å². The Morgan fingerprint density at radius 2 is 1.95 bits per heavy atom. The monoisotopic (exact) mass is 271 g/mol. The van der Waals surface area contributed by atoms with Crippen LogP contribution in [0.4, 0.5) is 5.69 Å². The van der Waals surface area contributed by atoms with Crippen LogP contribution in [0.1, 0.15) is 25.0 Å². The first-order valence-electron chi connectivity index (χ1n) is 7.19. The van der Waals surface area contributed by atoms with Crippen molar-refractivity contribution in [2.45, 2.75) is 26.9 Å². The van der Waals surface area contributed by atoms with Crippen LogP contribution < -0.4 is 4.90 Å². The van der Waals surface area contributed by atoms with Gasteiger partial charge in [-0.2, -0.15) is 10.3 Å². The van der Waals surface area contributed by atoms with Gasteiger partial charge < -0.3 is 4.90 Å². The Morgan fingerprint density at radius 1 is 1.25 bits per heavy atom. The molecule has 0 bridgehead atoms. The molecule has 0 N–H and O–H groups in total. The van der Waals surface area contributed by atoms with E-state index in [1.165, 1.54) is 5.69 Å². The highest BCUT2D eigenvalue weighted by atomic mass is 16.7. The Bertz CT molecular complexity index is 547. The lowest BCUT2D eigenvalue weighted by Crippen LogP contribution is -2.72. The number of hydrogen-bond acceptors (Lipinski definition) is 4. The molecule has 4 heteroatoms. The normalized spacial score (nSPS) is 20.6. The molecule has 20 heavy (non-hydrogen) atoms. The molecule has 0 unspecified atom stereocenters. The summed E-state index contributed by atoms with van der Waals surface area (Å²) in [5, 5.41) is 11.2. The van der Waals surface area contributed by atoms with Crippen molar-refractivity contribution in [3.05, 3.63) is 29.3 Å². The number of hydrogen-bond donors (Lipinski definition) is 0. The third kappa shape index (κ3) is 2.28. The van der Waals surface area contributed by atoms with E-state index in [9.17, 15) is 0 Å². The van der Waals surface area contributed by atoms with Gasteiger partial charge in [0.1, 0.15) is 0 Å². The van der Waals surface area contributed by atoms with Crippen molar-refractivity contribution >= 4 is 5.69 Å². The minimum Gasteiger partial charge on any atom is -0.370 e. The molecular formula is C16H21N3O. The van der Waals surface area contributed by atoms with Crippen molar-refractivity contribution in [2.24, 2.45) is 5.41 Å². The molecule has 2 heterocycles. The predicted octanol–water partition coefficient (Wildman–Crippen LogP) is 2.33. The lowest BCUT2D eigenvalue weighted by molar-refractivity contribution is -0.273. The fourth-order valence-corrected chi connectivity index (χ4v) is 3.15. The van der Waals surface area contributed by atoms with Crippen molar-refractivity contribution in [3.63, 3.8) is 0 Å². The maximum absolute atomic E-state index is 9.10. The molecular weight excluding hydrogens is 250 g/mol. The van der Waals surface area contributed by atoms with Gasteiger partial charge in [0.15, 0.2) is 0 Å². The summed E-state index contributed by atoms with van der Waals surface area (Å²) in [6.07, 6.45) is 0.263. The summed E-state index contributed by atoms with van der Waals surface area (Å²) >= 11 is 0. The fraction of sp³-hybridized carbons (Fsp3) is 0.562. The first-order chi connectivity index (χ1) is 9.51. The molecule has 2 aliphatic heterocycles. The van der Waals surface area contributed by atoms with Crippen LogP contribution in [0.25, 0.3) is 0 Å². The third-order valence-electron chi connectivity index (χ3n) is 4.14. The van der Waals surface area contributed by atoms with Crippen LogP contribution in [0, 0.1) is 23.7 Å². The average molecular weight is 271 g/mol. The third-order valence-corrected chi connectivity index (χ3v) is 4.14. The topological polar surface area (TPSA) is 39.5 Å². The highest BCUT2D eigenvalue weighted by Crippen LogP contribution is 2.42. The number of nitriles is 1. The van der Waals surface area contributed by atoms with Crippen molar-refractivity contribution in [3.8, 4) is 6.07 Å². The predicted molar refractivity (Wildman–Crippen MR) is 78.3 cm³/mol. The molecule has 0 radical (unpaired) electrons. The van der Waals surface area contributed by atoms with Gasteiger partial charge in [-0.3, -0.25) is 4.84 Å². The molecule has 0 saturated carbocycles. The first kappa shape index (κ1) is 13.4. The van der Waals surface area contributed by atoms with Crippen molar-refractivity contribution in [1.29, 1.82) is 5.26 Å². The van der Waals surface area contributed by atoms with Crippen LogP contribution in [0.5, 0.6) is 0 Å². The molecule has 1 aromatic carbocycles. The first-order valence-corrected chi connectivity index (χ1v) is 7.19. The smallest absolute Gasteiger partial charge is 0.0995 e. The molecule has 106 valence electrons. The van der Waals surface area contributed by atoms with Crippen LogP contribution in [-0.4, -0.2) is 37.3 Å². The molecule has 2 aliphatic rings. The molecule has 0 amide bonds. The van der Waals surface area contributed by atoms with E-state index in [1.54, 1.807) is 0 Å². The second-order valence-electron chi connectivity index (χ2n) is 6.42. The molecule has 0 aromatic heterocycles. The average Bonchev–Trinajstić information content (AvgIpc) is 2.31. The van der Waals surface area contributed by atoms with E-state index in [2.05, 4.69) is 35.9 Å². The molecule has 0 aliphatic carbocycles. The van der Waals surface area contributed by atoms with Gasteiger partial charge in [-0.25, -0.2) is 0 Å². The standard InChI is InChI=1S/C16H21N3O/c1-12(2)20-19-10-16(11-19)8-18(9-16)15-5-4-13(3)14(6-15)7-17/h4-6,12H,8-11H2,1-3H3. The van der Waals surface area contributed by atoms with E-state index >= 15 is 0 Å². The van der Waals surface area contributed by atoms with E-state index < -0.39 is 0 Å². The maximum Gasteiger partial charge on any atom is 0.0995 e. The SMILES string of the molecule is Cc1ccc(N2CC3(CN(OC(C)C)C3)C2)cc1C#N. The van der Waals surface area contributed by atoms with E-state index in [4.69, 9.17) is 10.1 Å². The molecule has 4 nitrogen and oxygen atoms in total. The highest BCUT2D eigenvalue weighted by Gasteiger charge is 2.52. The summed E-state index contributed by atoms with van der Waals surface area (Å²) in [4.78, 5) is 8.04. The second kappa shape index (κ2) is 4.76. The lowest BCUT2D eigenvalue weighted by atomic mass is 9.74. The molecule has 1 spiro atoms. The Labute approximate surface area is 120 Å². The Kier molecular flexibility index (Phi) is 3.19. The Morgan fingerprint density at radius 3 is 2.55 bits per heavy atom. The van der Waals surface area contributed by atoms with Crippen LogP contribution in [0.15, 0.2) is 18.2 Å². The number of hydroxylamine groups is 2. The van der Waals surface area contributed by atoms with E-state index in [0.717, 1.165) is 37.3 Å². The van der Waals surface area contributed by atoms with E-state index in [0.29, 0.717) is 5.41 Å². The summed E-state index contributed by atoms with van der Waals surface area (Å²) in [5.74, 6) is 0. The largest absolute Gasteiger partial charge is 0.370 e. The van der Waals surface area contributed by atoms with Gasteiger partial charge in [-0.05, 0) is 38.5 Å². The number of rotatable bonds is 3. The quantitative estimate of drug-likeness (QED) is 0.846. The lowest BCUT2D eigenvalue weighted by Gasteiger charge is -2.60. The molecule has 0 atom stereocenters. The molecule has 2 saturated heterocycles.